The van der Waals surface area contributed by atoms with Crippen LogP contribution in [0, 0.1) is 11.3 Å². The molecule has 172 valence electrons. The number of para-hydroxylation sites is 1. The number of nitrogens with one attached hydrogen (secondary N) is 1. The smallest absolute Gasteiger partial charge is 0.352 e. The van der Waals surface area contributed by atoms with Gasteiger partial charge in [0.25, 0.3) is 0 Å². The maximum atomic E-state index is 12.7. The monoisotopic (exact) mass is 477 g/mol. The lowest BCUT2D eigenvalue weighted by molar-refractivity contribution is -0.135. The zero-order valence-corrected chi connectivity index (χ0v) is 20.1. The molecule has 0 atom stereocenters. The number of rotatable bonds is 7. The number of ether oxygens (including phenoxy) is 1. The highest BCUT2D eigenvalue weighted by Gasteiger charge is 2.29. The number of hydrogen-bond donors (Lipinski definition) is 1. The molecule has 0 unspecified atom stereocenters. The number of esters is 1. The summed E-state index contributed by atoms with van der Waals surface area (Å²) >= 11 is 0. The molecule has 4 aromatic carbocycles. The number of nitriles is 1. The Morgan fingerprint density at radius 1 is 0.743 bits per heavy atom. The van der Waals surface area contributed by atoms with Crippen molar-refractivity contribution in [3.63, 3.8) is 0 Å². The number of nitrogens with zero attached hydrogens (tertiary/aromatic N) is 2. The molecule has 0 saturated carbocycles. The number of anilines is 1. The van der Waals surface area contributed by atoms with E-state index in [0.717, 1.165) is 15.9 Å². The Morgan fingerprint density at radius 2 is 1.14 bits per heavy atom. The van der Waals surface area contributed by atoms with E-state index in [1.54, 1.807) is 0 Å². The van der Waals surface area contributed by atoms with E-state index >= 15 is 0 Å². The summed E-state index contributed by atoms with van der Waals surface area (Å²) in [5.74, 6) is -0.586. The first-order chi connectivity index (χ1) is 17.2. The fourth-order valence-electron chi connectivity index (χ4n) is 3.79. The van der Waals surface area contributed by atoms with Gasteiger partial charge in [-0.3, -0.25) is 0 Å². The van der Waals surface area contributed by atoms with Gasteiger partial charge in [-0.05, 0) is 12.1 Å². The Bertz CT molecular complexity index is 1310. The van der Waals surface area contributed by atoms with Gasteiger partial charge in [0.2, 0.25) is 0 Å². The molecule has 5 nitrogen and oxygen atoms in total. The molecule has 0 heterocycles. The quantitative estimate of drug-likeness (QED) is 0.172. The first-order valence-corrected chi connectivity index (χ1v) is 12.8. The summed E-state index contributed by atoms with van der Waals surface area (Å²) in [6.45, 7) is 0. The molecule has 0 aliphatic rings. The zero-order chi connectivity index (χ0) is 24.5. The van der Waals surface area contributed by atoms with Gasteiger partial charge >= 0.3 is 5.97 Å². The molecular weight excluding hydrogens is 453 g/mol. The molecule has 4 rings (SSSR count). The minimum atomic E-state index is -2.72. The summed E-state index contributed by atoms with van der Waals surface area (Å²) in [6, 6.07) is 41.4. The molecule has 0 fully saturated rings. The highest BCUT2D eigenvalue weighted by molar-refractivity contribution is 7.87. The maximum Gasteiger partial charge on any atom is 0.352 e. The fourth-order valence-corrected chi connectivity index (χ4v) is 7.30. The minimum absolute atomic E-state index is 0.162. The molecule has 0 spiro atoms. The van der Waals surface area contributed by atoms with E-state index in [1.807, 2.05) is 127 Å². The molecule has 0 aliphatic heterocycles. The van der Waals surface area contributed by atoms with Gasteiger partial charge < -0.3 is 10.1 Å². The van der Waals surface area contributed by atoms with Crippen molar-refractivity contribution in [3.05, 3.63) is 133 Å². The van der Waals surface area contributed by atoms with Crippen molar-refractivity contribution < 1.29 is 9.53 Å². The molecule has 0 amide bonds. The lowest BCUT2D eigenvalue weighted by Crippen LogP contribution is -2.26. The van der Waals surface area contributed by atoms with E-state index < -0.39 is 13.0 Å². The van der Waals surface area contributed by atoms with E-state index in [2.05, 4.69) is 5.32 Å². The number of hydrogen-bond acceptors (Lipinski definition) is 5. The van der Waals surface area contributed by atoms with Crippen molar-refractivity contribution in [2.45, 2.75) is 0 Å². The Labute approximate surface area is 205 Å². The Morgan fingerprint density at radius 3 is 1.51 bits per heavy atom. The van der Waals surface area contributed by atoms with Crippen LogP contribution in [0.1, 0.15) is 0 Å². The topological polar surface area (TPSA) is 74.5 Å². The Kier molecular flexibility index (Phi) is 7.57. The predicted molar refractivity (Wildman–Crippen MR) is 142 cm³/mol. The van der Waals surface area contributed by atoms with Gasteiger partial charge in [0, 0.05) is 21.6 Å². The van der Waals surface area contributed by atoms with Crippen LogP contribution in [-0.4, -0.2) is 13.1 Å². The van der Waals surface area contributed by atoms with Gasteiger partial charge in [-0.15, -0.1) is 0 Å². The summed E-state index contributed by atoms with van der Waals surface area (Å²) in [6.07, 6.45) is 0. The molecule has 4 aromatic rings. The number of carbonyl (C=O) groups excluding carboxylic acids is 1. The second-order valence-electron chi connectivity index (χ2n) is 7.56. The van der Waals surface area contributed by atoms with Crippen molar-refractivity contribution in [1.29, 1.82) is 5.26 Å². The summed E-state index contributed by atoms with van der Waals surface area (Å²) in [5, 5.41) is 16.2. The first-order valence-electron chi connectivity index (χ1n) is 11.0. The van der Waals surface area contributed by atoms with E-state index in [4.69, 9.17) is 9.48 Å². The zero-order valence-electron chi connectivity index (χ0n) is 19.2. The highest BCUT2D eigenvalue weighted by Crippen LogP contribution is 2.48. The fraction of sp³-hybridized carbons (Fsp3) is 0.0345. The molecule has 0 radical (unpaired) electrons. The van der Waals surface area contributed by atoms with Crippen LogP contribution in [0.2, 0.25) is 0 Å². The SMILES string of the molecule is COC(=O)/C(C#N)=C(/N=P(c1ccccc1)(c1ccccc1)c1ccccc1)Nc1ccccc1. The van der Waals surface area contributed by atoms with Crippen LogP contribution in [-0.2, 0) is 9.53 Å². The Hall–Kier alpha value is -4.39. The van der Waals surface area contributed by atoms with Crippen LogP contribution in [0.4, 0.5) is 5.69 Å². The Balaban J connectivity index is 2.15. The summed E-state index contributed by atoms with van der Waals surface area (Å²) in [5.41, 5.74) is 0.513. The predicted octanol–water partition coefficient (Wildman–Crippen LogP) is 5.18. The number of benzene rings is 4. The van der Waals surface area contributed by atoms with Crippen LogP contribution >= 0.6 is 7.05 Å². The summed E-state index contributed by atoms with van der Waals surface area (Å²) in [7, 11) is -1.46. The van der Waals surface area contributed by atoms with E-state index in [0.29, 0.717) is 5.69 Å². The molecule has 0 aromatic heterocycles. The summed E-state index contributed by atoms with van der Waals surface area (Å²) in [4.78, 5) is 12.7. The van der Waals surface area contributed by atoms with Gasteiger partial charge in [-0.1, -0.05) is 109 Å². The van der Waals surface area contributed by atoms with Crippen molar-refractivity contribution in [2.24, 2.45) is 4.74 Å². The van der Waals surface area contributed by atoms with E-state index in [9.17, 15) is 10.1 Å². The van der Waals surface area contributed by atoms with Crippen molar-refractivity contribution in [1.82, 2.24) is 0 Å². The minimum Gasteiger partial charge on any atom is -0.465 e. The average molecular weight is 478 g/mol. The van der Waals surface area contributed by atoms with Crippen LogP contribution in [0.25, 0.3) is 0 Å². The van der Waals surface area contributed by atoms with Crippen LogP contribution in [0.15, 0.2) is 137 Å². The normalized spacial score (nSPS) is 11.5. The second-order valence-corrected chi connectivity index (χ2v) is 10.6. The van der Waals surface area contributed by atoms with Crippen LogP contribution in [0.5, 0.6) is 0 Å². The molecule has 0 bridgehead atoms. The largest absolute Gasteiger partial charge is 0.465 e. The molecule has 1 N–H and O–H groups in total. The second kappa shape index (κ2) is 11.2. The summed E-state index contributed by atoms with van der Waals surface area (Å²) < 4.78 is 10.3. The van der Waals surface area contributed by atoms with Gasteiger partial charge in [0.15, 0.2) is 11.4 Å². The maximum absolute atomic E-state index is 12.7. The number of carbonyl (C=O) groups is 1. The van der Waals surface area contributed by atoms with Gasteiger partial charge in [-0.25, -0.2) is 9.54 Å². The van der Waals surface area contributed by atoms with E-state index in [1.165, 1.54) is 7.11 Å². The lowest BCUT2D eigenvalue weighted by Gasteiger charge is -2.27. The van der Waals surface area contributed by atoms with Crippen LogP contribution in [0.3, 0.4) is 0 Å². The third-order valence-electron chi connectivity index (χ3n) is 5.41. The molecule has 0 aliphatic carbocycles. The molecular formula is C29H24N3O2P. The van der Waals surface area contributed by atoms with Crippen molar-refractivity contribution in [2.75, 3.05) is 12.4 Å². The van der Waals surface area contributed by atoms with E-state index in [-0.39, 0.29) is 11.4 Å². The molecule has 6 heteroatoms. The standard InChI is InChI=1S/C29H24N3O2P/c1-34-29(33)27(22-30)28(31-23-14-6-2-7-15-23)32-35(24-16-8-3-9-17-24,25-18-10-4-11-19-25)26-20-12-5-13-21-26/h2-21,31H,1H3/b28-27+. The highest BCUT2D eigenvalue weighted by atomic mass is 31.2. The van der Waals surface area contributed by atoms with Gasteiger partial charge in [0.1, 0.15) is 6.07 Å². The molecule has 35 heavy (non-hydrogen) atoms. The first kappa shape index (κ1) is 23.8. The van der Waals surface area contributed by atoms with Crippen molar-refractivity contribution in [3.8, 4) is 6.07 Å². The van der Waals surface area contributed by atoms with Gasteiger partial charge in [0.05, 0.1) is 14.2 Å². The third-order valence-corrected chi connectivity index (χ3v) is 9.05. The average Bonchev–Trinajstić information content (AvgIpc) is 2.94. The van der Waals surface area contributed by atoms with Crippen LogP contribution < -0.4 is 21.2 Å². The number of methoxy groups -OCH3 is 1. The third kappa shape index (κ3) is 5.09. The molecule has 0 saturated heterocycles. The lowest BCUT2D eigenvalue weighted by atomic mass is 10.2. The van der Waals surface area contributed by atoms with Crippen molar-refractivity contribution >= 4 is 34.6 Å². The van der Waals surface area contributed by atoms with Gasteiger partial charge in [-0.2, -0.15) is 5.26 Å².